The lowest BCUT2D eigenvalue weighted by Crippen LogP contribution is -2.16. The molecule has 0 unspecified atom stereocenters. The Morgan fingerprint density at radius 3 is 2.83 bits per heavy atom. The summed E-state index contributed by atoms with van der Waals surface area (Å²) in [5.41, 5.74) is -0.102. The highest BCUT2D eigenvalue weighted by molar-refractivity contribution is 5.91. The van der Waals surface area contributed by atoms with E-state index in [2.05, 4.69) is 10.3 Å². The Labute approximate surface area is 105 Å². The Kier molecular flexibility index (Phi) is 5.79. The molecule has 0 aliphatic rings. The van der Waals surface area contributed by atoms with Gasteiger partial charge in [-0.3, -0.25) is 4.79 Å². The number of carboxylic acids is 1. The van der Waals surface area contributed by atoms with Crippen molar-refractivity contribution in [3.63, 3.8) is 0 Å². The van der Waals surface area contributed by atoms with Crippen molar-refractivity contribution in [3.05, 3.63) is 23.9 Å². The van der Waals surface area contributed by atoms with Crippen LogP contribution in [0, 0.1) is 0 Å². The molecule has 2 N–H and O–H groups in total. The van der Waals surface area contributed by atoms with Crippen LogP contribution in [-0.4, -0.2) is 35.2 Å². The molecule has 18 heavy (non-hydrogen) atoms. The van der Waals surface area contributed by atoms with Crippen molar-refractivity contribution in [1.29, 1.82) is 0 Å². The number of ether oxygens (including phenoxy) is 1. The van der Waals surface area contributed by atoms with Crippen LogP contribution in [0.4, 0.5) is 5.82 Å². The molecule has 1 aromatic rings. The number of carbonyl (C=O) groups is 2. The monoisotopic (exact) mass is 252 g/mol. The summed E-state index contributed by atoms with van der Waals surface area (Å²) in [6.45, 7) is 2.96. The highest BCUT2D eigenvalue weighted by Gasteiger charge is 2.07. The Hall–Kier alpha value is -1.95. The molecule has 1 aromatic heterocycles. The summed E-state index contributed by atoms with van der Waals surface area (Å²) in [6, 6.07) is 4.43. The standard InChI is InChI=1S/C12H16N2O4/c1-2-7-18-8-6-11(15)14-10-5-3-4-9(13-10)12(16)17/h3-5H,2,6-8H2,1H3,(H,16,17)(H,13,14,15). The predicted molar refractivity (Wildman–Crippen MR) is 65.6 cm³/mol. The van der Waals surface area contributed by atoms with E-state index in [9.17, 15) is 9.59 Å². The number of aromatic carboxylic acids is 1. The zero-order chi connectivity index (χ0) is 13.4. The van der Waals surface area contributed by atoms with Gasteiger partial charge in [0.2, 0.25) is 5.91 Å². The Balaban J connectivity index is 2.44. The third-order valence-corrected chi connectivity index (χ3v) is 2.06. The lowest BCUT2D eigenvalue weighted by Gasteiger charge is -2.05. The van der Waals surface area contributed by atoms with Gasteiger partial charge in [-0.05, 0) is 18.6 Å². The van der Waals surface area contributed by atoms with Gasteiger partial charge in [0.15, 0.2) is 5.69 Å². The van der Waals surface area contributed by atoms with Crippen molar-refractivity contribution in [1.82, 2.24) is 4.98 Å². The Morgan fingerprint density at radius 1 is 1.39 bits per heavy atom. The molecule has 0 fully saturated rings. The Morgan fingerprint density at radius 2 is 2.17 bits per heavy atom. The number of hydrogen-bond acceptors (Lipinski definition) is 4. The number of anilines is 1. The third-order valence-electron chi connectivity index (χ3n) is 2.06. The molecule has 0 aliphatic heterocycles. The number of rotatable bonds is 7. The molecule has 1 heterocycles. The van der Waals surface area contributed by atoms with Gasteiger partial charge in [0.25, 0.3) is 0 Å². The van der Waals surface area contributed by atoms with E-state index in [1.54, 1.807) is 0 Å². The van der Waals surface area contributed by atoms with E-state index in [0.717, 1.165) is 6.42 Å². The molecule has 0 radical (unpaired) electrons. The summed E-state index contributed by atoms with van der Waals surface area (Å²) in [5.74, 6) is -1.14. The van der Waals surface area contributed by atoms with E-state index in [4.69, 9.17) is 9.84 Å². The number of hydrogen-bond donors (Lipinski definition) is 2. The van der Waals surface area contributed by atoms with Crippen LogP contribution in [0.15, 0.2) is 18.2 Å². The number of pyridine rings is 1. The van der Waals surface area contributed by atoms with Gasteiger partial charge in [-0.2, -0.15) is 0 Å². The van der Waals surface area contributed by atoms with Crippen LogP contribution in [0.3, 0.4) is 0 Å². The SMILES string of the molecule is CCCOCCC(=O)Nc1cccc(C(=O)O)n1. The molecular formula is C12H16N2O4. The van der Waals surface area contributed by atoms with Gasteiger partial charge < -0.3 is 15.2 Å². The van der Waals surface area contributed by atoms with Crippen LogP contribution in [-0.2, 0) is 9.53 Å². The topological polar surface area (TPSA) is 88.5 Å². The van der Waals surface area contributed by atoms with E-state index in [1.807, 2.05) is 6.92 Å². The average Bonchev–Trinajstić information content (AvgIpc) is 2.35. The molecule has 0 aromatic carbocycles. The Bertz CT molecular complexity index is 420. The first-order chi connectivity index (χ1) is 8.63. The van der Waals surface area contributed by atoms with E-state index in [-0.39, 0.29) is 23.8 Å². The fraction of sp³-hybridized carbons (Fsp3) is 0.417. The van der Waals surface area contributed by atoms with E-state index < -0.39 is 5.97 Å². The number of carbonyl (C=O) groups excluding carboxylic acids is 1. The van der Waals surface area contributed by atoms with Gasteiger partial charge in [0, 0.05) is 6.61 Å². The van der Waals surface area contributed by atoms with E-state index >= 15 is 0 Å². The first-order valence-electron chi connectivity index (χ1n) is 5.71. The quantitative estimate of drug-likeness (QED) is 0.718. The lowest BCUT2D eigenvalue weighted by atomic mass is 10.3. The summed E-state index contributed by atoms with van der Waals surface area (Å²) in [7, 11) is 0. The maximum Gasteiger partial charge on any atom is 0.354 e. The fourth-order valence-electron chi connectivity index (χ4n) is 1.24. The van der Waals surface area contributed by atoms with Crippen molar-refractivity contribution in [2.45, 2.75) is 19.8 Å². The molecule has 6 nitrogen and oxygen atoms in total. The second-order valence-corrected chi connectivity index (χ2v) is 3.62. The molecule has 0 saturated heterocycles. The number of nitrogens with zero attached hydrogens (tertiary/aromatic N) is 1. The van der Waals surface area contributed by atoms with Crippen LogP contribution in [0.1, 0.15) is 30.3 Å². The van der Waals surface area contributed by atoms with Crippen molar-refractivity contribution in [3.8, 4) is 0 Å². The summed E-state index contributed by atoms with van der Waals surface area (Å²) in [4.78, 5) is 26.0. The summed E-state index contributed by atoms with van der Waals surface area (Å²) in [6.07, 6.45) is 1.13. The van der Waals surface area contributed by atoms with Crippen LogP contribution < -0.4 is 5.32 Å². The number of nitrogens with one attached hydrogen (secondary N) is 1. The van der Waals surface area contributed by atoms with Gasteiger partial charge in [0.05, 0.1) is 13.0 Å². The summed E-state index contributed by atoms with van der Waals surface area (Å²) in [5, 5.41) is 11.3. The minimum Gasteiger partial charge on any atom is -0.477 e. The summed E-state index contributed by atoms with van der Waals surface area (Å²) < 4.78 is 5.18. The smallest absolute Gasteiger partial charge is 0.354 e. The molecular weight excluding hydrogens is 236 g/mol. The first-order valence-corrected chi connectivity index (χ1v) is 5.71. The van der Waals surface area contributed by atoms with Crippen molar-refractivity contribution >= 4 is 17.7 Å². The van der Waals surface area contributed by atoms with Gasteiger partial charge in [-0.1, -0.05) is 13.0 Å². The van der Waals surface area contributed by atoms with Crippen molar-refractivity contribution in [2.75, 3.05) is 18.5 Å². The van der Waals surface area contributed by atoms with Crippen LogP contribution >= 0.6 is 0 Å². The van der Waals surface area contributed by atoms with Gasteiger partial charge >= 0.3 is 5.97 Å². The van der Waals surface area contributed by atoms with Gasteiger partial charge in [-0.15, -0.1) is 0 Å². The van der Waals surface area contributed by atoms with Crippen LogP contribution in [0.2, 0.25) is 0 Å². The fourth-order valence-corrected chi connectivity index (χ4v) is 1.24. The normalized spacial score (nSPS) is 10.1. The minimum absolute atomic E-state index is 0.102. The highest BCUT2D eigenvalue weighted by Crippen LogP contribution is 2.05. The number of carboxylic acid groups (broad SMARTS) is 1. The van der Waals surface area contributed by atoms with Gasteiger partial charge in [-0.25, -0.2) is 9.78 Å². The molecule has 0 saturated carbocycles. The second-order valence-electron chi connectivity index (χ2n) is 3.62. The number of amides is 1. The molecule has 6 heteroatoms. The van der Waals surface area contributed by atoms with Gasteiger partial charge in [0.1, 0.15) is 5.82 Å². The molecule has 0 bridgehead atoms. The molecule has 1 amide bonds. The van der Waals surface area contributed by atoms with Crippen LogP contribution in [0.25, 0.3) is 0 Å². The molecule has 98 valence electrons. The third kappa shape index (κ3) is 4.92. The minimum atomic E-state index is -1.13. The largest absolute Gasteiger partial charge is 0.477 e. The molecule has 1 rings (SSSR count). The predicted octanol–water partition coefficient (Wildman–Crippen LogP) is 1.53. The van der Waals surface area contributed by atoms with Crippen molar-refractivity contribution < 1.29 is 19.4 Å². The molecule has 0 spiro atoms. The lowest BCUT2D eigenvalue weighted by molar-refractivity contribution is -0.117. The second kappa shape index (κ2) is 7.39. The van der Waals surface area contributed by atoms with E-state index in [1.165, 1.54) is 18.2 Å². The number of aromatic nitrogens is 1. The zero-order valence-electron chi connectivity index (χ0n) is 10.2. The van der Waals surface area contributed by atoms with Crippen molar-refractivity contribution in [2.24, 2.45) is 0 Å². The molecule has 0 atom stereocenters. The average molecular weight is 252 g/mol. The van der Waals surface area contributed by atoms with Crippen LogP contribution in [0.5, 0.6) is 0 Å². The van der Waals surface area contributed by atoms with E-state index in [0.29, 0.717) is 13.2 Å². The zero-order valence-corrected chi connectivity index (χ0v) is 10.2. The summed E-state index contributed by atoms with van der Waals surface area (Å²) >= 11 is 0. The first kappa shape index (κ1) is 14.1. The maximum absolute atomic E-state index is 11.5. The maximum atomic E-state index is 11.5. The highest BCUT2D eigenvalue weighted by atomic mass is 16.5. The molecule has 0 aliphatic carbocycles.